The highest BCUT2D eigenvalue weighted by molar-refractivity contribution is 6.08. The molecule has 2 aromatic rings. The number of carbonyl (C=O) groups is 1. The Morgan fingerprint density at radius 1 is 1.14 bits per heavy atom. The molecule has 0 aliphatic heterocycles. The van der Waals surface area contributed by atoms with E-state index in [1.807, 2.05) is 31.2 Å². The smallest absolute Gasteiger partial charge is 0.331 e. The number of H-pyrrole nitrogens is 1. The van der Waals surface area contributed by atoms with E-state index in [1.165, 1.54) is 6.08 Å². The van der Waals surface area contributed by atoms with Crippen molar-refractivity contribution in [3.63, 3.8) is 0 Å². The van der Waals surface area contributed by atoms with Crippen LogP contribution < -0.4 is 16.1 Å². The molecular formula is C21H27N3O4. The number of allylic oxidation sites excluding steroid dienone is 1. The largest absolute Gasteiger partial charge is 0.494 e. The number of nitrogens with zero attached hydrogens (tertiary/aromatic N) is 2. The van der Waals surface area contributed by atoms with Crippen molar-refractivity contribution in [3.8, 4) is 5.88 Å². The minimum absolute atomic E-state index is 0.231. The SMILES string of the molecule is CCCCn1c(O)c(C(=O)C=Cc2ccc(N(CC)CC)cc2)c(=O)[nH]c1=O. The summed E-state index contributed by atoms with van der Waals surface area (Å²) < 4.78 is 1.02. The van der Waals surface area contributed by atoms with Gasteiger partial charge in [-0.15, -0.1) is 0 Å². The van der Waals surface area contributed by atoms with Gasteiger partial charge in [-0.1, -0.05) is 31.6 Å². The Balaban J connectivity index is 2.27. The Labute approximate surface area is 164 Å². The highest BCUT2D eigenvalue weighted by Gasteiger charge is 2.18. The monoisotopic (exact) mass is 385 g/mol. The molecule has 1 heterocycles. The van der Waals surface area contributed by atoms with Crippen LogP contribution >= 0.6 is 0 Å². The van der Waals surface area contributed by atoms with Crippen molar-refractivity contribution in [2.24, 2.45) is 0 Å². The lowest BCUT2D eigenvalue weighted by Gasteiger charge is -2.20. The first-order valence-corrected chi connectivity index (χ1v) is 9.56. The molecule has 1 aromatic carbocycles. The summed E-state index contributed by atoms with van der Waals surface area (Å²) in [6.45, 7) is 8.14. The van der Waals surface area contributed by atoms with Crippen molar-refractivity contribution in [1.82, 2.24) is 9.55 Å². The highest BCUT2D eigenvalue weighted by atomic mass is 16.3. The number of ketones is 1. The van der Waals surface area contributed by atoms with Crippen molar-refractivity contribution in [2.75, 3.05) is 18.0 Å². The van der Waals surface area contributed by atoms with E-state index < -0.39 is 28.5 Å². The van der Waals surface area contributed by atoms with Crippen LogP contribution in [0.4, 0.5) is 5.69 Å². The van der Waals surface area contributed by atoms with Gasteiger partial charge in [-0.2, -0.15) is 0 Å². The molecule has 0 aliphatic rings. The number of anilines is 1. The Hall–Kier alpha value is -3.09. The van der Waals surface area contributed by atoms with Crippen LogP contribution in [0.3, 0.4) is 0 Å². The Bertz CT molecular complexity index is 951. The van der Waals surface area contributed by atoms with Crippen molar-refractivity contribution in [1.29, 1.82) is 0 Å². The molecule has 28 heavy (non-hydrogen) atoms. The summed E-state index contributed by atoms with van der Waals surface area (Å²) in [4.78, 5) is 40.7. The van der Waals surface area contributed by atoms with E-state index in [1.54, 1.807) is 6.08 Å². The summed E-state index contributed by atoms with van der Waals surface area (Å²) in [7, 11) is 0. The first kappa shape index (κ1) is 21.2. The first-order chi connectivity index (χ1) is 13.4. The van der Waals surface area contributed by atoms with Gasteiger partial charge in [-0.25, -0.2) is 4.79 Å². The predicted octanol–water partition coefficient (Wildman–Crippen LogP) is 2.78. The van der Waals surface area contributed by atoms with Gasteiger partial charge in [0.2, 0.25) is 5.88 Å². The summed E-state index contributed by atoms with van der Waals surface area (Å²) in [6, 6.07) is 7.69. The number of carbonyl (C=O) groups excluding carboxylic acids is 1. The summed E-state index contributed by atoms with van der Waals surface area (Å²) in [5.41, 5.74) is -0.151. The van der Waals surface area contributed by atoms with Crippen LogP contribution in [-0.4, -0.2) is 33.5 Å². The third-order valence-corrected chi connectivity index (χ3v) is 4.60. The van der Waals surface area contributed by atoms with Gasteiger partial charge in [-0.3, -0.25) is 19.1 Å². The van der Waals surface area contributed by atoms with Gasteiger partial charge in [-0.05, 0) is 44.0 Å². The van der Waals surface area contributed by atoms with Crippen LogP contribution in [0, 0.1) is 0 Å². The normalized spacial score (nSPS) is 11.1. The fourth-order valence-corrected chi connectivity index (χ4v) is 2.95. The van der Waals surface area contributed by atoms with E-state index in [-0.39, 0.29) is 6.54 Å². The number of aromatic amines is 1. The van der Waals surface area contributed by atoms with Gasteiger partial charge in [0.15, 0.2) is 5.78 Å². The molecule has 2 rings (SSSR count). The summed E-state index contributed by atoms with van der Waals surface area (Å²) in [6.07, 6.45) is 4.25. The fourth-order valence-electron chi connectivity index (χ4n) is 2.95. The number of hydrogen-bond acceptors (Lipinski definition) is 5. The number of aromatic nitrogens is 2. The van der Waals surface area contributed by atoms with Crippen molar-refractivity contribution in [2.45, 2.75) is 40.2 Å². The van der Waals surface area contributed by atoms with Gasteiger partial charge in [0.25, 0.3) is 5.56 Å². The van der Waals surface area contributed by atoms with Crippen LogP contribution in [0.2, 0.25) is 0 Å². The van der Waals surface area contributed by atoms with E-state index in [9.17, 15) is 19.5 Å². The van der Waals surface area contributed by atoms with E-state index in [0.717, 1.165) is 35.3 Å². The maximum absolute atomic E-state index is 12.5. The van der Waals surface area contributed by atoms with Crippen LogP contribution in [0.25, 0.3) is 6.08 Å². The third kappa shape index (κ3) is 4.79. The molecule has 0 saturated carbocycles. The molecule has 150 valence electrons. The molecule has 0 atom stereocenters. The number of benzene rings is 1. The molecule has 0 unspecified atom stereocenters. The second kappa shape index (κ2) is 9.73. The summed E-state index contributed by atoms with van der Waals surface area (Å²) in [5, 5.41) is 10.3. The quantitative estimate of drug-likeness (QED) is 0.511. The Kier molecular flexibility index (Phi) is 7.37. The molecule has 7 heteroatoms. The second-order valence-electron chi connectivity index (χ2n) is 6.42. The average molecular weight is 385 g/mol. The van der Waals surface area contributed by atoms with Crippen LogP contribution in [0.1, 0.15) is 49.5 Å². The number of unbranched alkanes of at least 4 members (excludes halogenated alkanes) is 1. The standard InChI is InChI=1S/C21H27N3O4/c1-4-7-14-24-20(27)18(19(26)22-21(24)28)17(25)13-10-15-8-11-16(12-9-15)23(5-2)6-3/h8-13,27H,4-7,14H2,1-3H3,(H,22,26,28). The lowest BCUT2D eigenvalue weighted by Crippen LogP contribution is -2.33. The molecule has 0 saturated heterocycles. The third-order valence-electron chi connectivity index (χ3n) is 4.60. The summed E-state index contributed by atoms with van der Waals surface area (Å²) >= 11 is 0. The van der Waals surface area contributed by atoms with Gasteiger partial charge in [0.05, 0.1) is 0 Å². The van der Waals surface area contributed by atoms with Gasteiger partial charge >= 0.3 is 5.69 Å². The highest BCUT2D eigenvalue weighted by Crippen LogP contribution is 2.17. The minimum Gasteiger partial charge on any atom is -0.494 e. The number of rotatable bonds is 9. The topological polar surface area (TPSA) is 95.4 Å². The summed E-state index contributed by atoms with van der Waals surface area (Å²) in [5.74, 6) is -1.24. The first-order valence-electron chi connectivity index (χ1n) is 9.56. The predicted molar refractivity (Wildman–Crippen MR) is 111 cm³/mol. The molecule has 0 amide bonds. The molecule has 0 bridgehead atoms. The molecule has 0 fully saturated rings. The molecule has 2 N–H and O–H groups in total. The maximum atomic E-state index is 12.5. The zero-order valence-electron chi connectivity index (χ0n) is 16.6. The Morgan fingerprint density at radius 3 is 2.36 bits per heavy atom. The number of nitrogens with one attached hydrogen (secondary N) is 1. The zero-order valence-corrected chi connectivity index (χ0v) is 16.6. The van der Waals surface area contributed by atoms with Crippen LogP contribution in [-0.2, 0) is 6.54 Å². The lowest BCUT2D eigenvalue weighted by molar-refractivity contribution is 0.104. The van der Waals surface area contributed by atoms with Crippen LogP contribution in [0.5, 0.6) is 5.88 Å². The minimum atomic E-state index is -0.887. The molecule has 0 spiro atoms. The van der Waals surface area contributed by atoms with Gasteiger partial charge in [0, 0.05) is 25.3 Å². The molecule has 0 aliphatic carbocycles. The van der Waals surface area contributed by atoms with Crippen molar-refractivity contribution < 1.29 is 9.90 Å². The van der Waals surface area contributed by atoms with Gasteiger partial charge < -0.3 is 10.0 Å². The Morgan fingerprint density at radius 2 is 1.79 bits per heavy atom. The fraction of sp³-hybridized carbons (Fsp3) is 0.381. The van der Waals surface area contributed by atoms with E-state index in [4.69, 9.17) is 0 Å². The van der Waals surface area contributed by atoms with E-state index in [0.29, 0.717) is 6.42 Å². The van der Waals surface area contributed by atoms with Crippen molar-refractivity contribution >= 4 is 17.5 Å². The number of hydrogen-bond donors (Lipinski definition) is 2. The molecular weight excluding hydrogens is 358 g/mol. The lowest BCUT2D eigenvalue weighted by atomic mass is 10.1. The van der Waals surface area contributed by atoms with E-state index >= 15 is 0 Å². The van der Waals surface area contributed by atoms with Gasteiger partial charge in [0.1, 0.15) is 5.56 Å². The van der Waals surface area contributed by atoms with Crippen molar-refractivity contribution in [3.05, 3.63) is 62.3 Å². The molecule has 0 radical (unpaired) electrons. The second-order valence-corrected chi connectivity index (χ2v) is 6.42. The molecule has 7 nitrogen and oxygen atoms in total. The maximum Gasteiger partial charge on any atom is 0.331 e. The molecule has 1 aromatic heterocycles. The average Bonchev–Trinajstić information content (AvgIpc) is 2.68. The van der Waals surface area contributed by atoms with Crippen LogP contribution in [0.15, 0.2) is 39.9 Å². The number of aromatic hydroxyl groups is 1. The van der Waals surface area contributed by atoms with E-state index in [2.05, 4.69) is 23.7 Å². The zero-order chi connectivity index (χ0) is 20.7.